The number of nitrogens with zero attached hydrogens (tertiary/aromatic N) is 3. The molecule has 4 rings (SSSR count). The molecule has 2 unspecified atom stereocenters. The summed E-state index contributed by atoms with van der Waals surface area (Å²) < 4.78 is 22.9. The van der Waals surface area contributed by atoms with E-state index in [-0.39, 0.29) is 27.9 Å². The fourth-order valence-corrected chi connectivity index (χ4v) is 5.14. The smallest absolute Gasteiger partial charge is 0.186 e. The summed E-state index contributed by atoms with van der Waals surface area (Å²) in [4.78, 5) is 26.9. The Morgan fingerprint density at radius 2 is 2.10 bits per heavy atom. The Morgan fingerprint density at radius 3 is 2.76 bits per heavy atom. The van der Waals surface area contributed by atoms with Crippen LogP contribution in [0.15, 0.2) is 36.0 Å². The zero-order valence-corrected chi connectivity index (χ0v) is 17.7. The van der Waals surface area contributed by atoms with Gasteiger partial charge >= 0.3 is 0 Å². The maximum atomic E-state index is 14.6. The average Bonchev–Trinajstić information content (AvgIpc) is 3.42. The normalized spacial score (nSPS) is 22.6. The lowest BCUT2D eigenvalue weighted by atomic mass is 9.93. The number of benzene rings is 1. The number of ketones is 1. The van der Waals surface area contributed by atoms with E-state index in [0.29, 0.717) is 18.7 Å². The van der Waals surface area contributed by atoms with E-state index in [9.17, 15) is 14.0 Å². The number of hydrogen-bond donors (Lipinski definition) is 0. The van der Waals surface area contributed by atoms with Crippen LogP contribution in [0.4, 0.5) is 4.39 Å². The van der Waals surface area contributed by atoms with Crippen molar-refractivity contribution >= 4 is 40.5 Å². The zero-order valence-electron chi connectivity index (χ0n) is 16.1. The molecule has 1 saturated heterocycles. The average molecular weight is 432 g/mol. The van der Waals surface area contributed by atoms with Gasteiger partial charge in [-0.1, -0.05) is 30.0 Å². The molecule has 2 heterocycles. The third-order valence-corrected chi connectivity index (χ3v) is 6.96. The number of carbonyl (C=O) groups is 2. The van der Waals surface area contributed by atoms with Gasteiger partial charge in [0.25, 0.3) is 0 Å². The first kappa shape index (κ1) is 20.4. The fraction of sp³-hybridized carbons (Fsp3) is 0.429. The first-order valence-electron chi connectivity index (χ1n) is 9.70. The van der Waals surface area contributed by atoms with Crippen LogP contribution in [0.25, 0.3) is 6.08 Å². The third kappa shape index (κ3) is 4.82. The van der Waals surface area contributed by atoms with Crippen LogP contribution in [0, 0.1) is 11.7 Å². The highest BCUT2D eigenvalue weighted by molar-refractivity contribution is 8.14. The van der Waals surface area contributed by atoms with Gasteiger partial charge in [-0.25, -0.2) is 4.39 Å². The molecule has 0 spiro atoms. The van der Waals surface area contributed by atoms with Crippen LogP contribution in [0.1, 0.15) is 43.5 Å². The Bertz CT molecular complexity index is 928. The van der Waals surface area contributed by atoms with Crippen LogP contribution in [0.2, 0.25) is 0 Å². The zero-order chi connectivity index (χ0) is 20.4. The fourth-order valence-electron chi connectivity index (χ4n) is 3.82. The van der Waals surface area contributed by atoms with E-state index < -0.39 is 6.04 Å². The van der Waals surface area contributed by atoms with Gasteiger partial charge in [-0.05, 0) is 37.0 Å². The van der Waals surface area contributed by atoms with Crippen molar-refractivity contribution in [2.24, 2.45) is 5.92 Å². The van der Waals surface area contributed by atoms with Crippen LogP contribution in [-0.2, 0) is 9.59 Å². The number of likely N-dealkylation sites (tertiary alicyclic amines) is 1. The highest BCUT2D eigenvalue weighted by Crippen LogP contribution is 2.40. The highest BCUT2D eigenvalue weighted by atomic mass is 32.2. The van der Waals surface area contributed by atoms with Crippen molar-refractivity contribution in [2.45, 2.75) is 37.5 Å². The molecule has 2 aromatic rings. The second kappa shape index (κ2) is 8.85. The third-order valence-electron chi connectivity index (χ3n) is 5.31. The minimum absolute atomic E-state index is 0.0269. The highest BCUT2D eigenvalue weighted by Gasteiger charge is 2.41. The van der Waals surface area contributed by atoms with Crippen molar-refractivity contribution in [1.29, 1.82) is 0 Å². The summed E-state index contributed by atoms with van der Waals surface area (Å²) in [5.74, 6) is -0.220. The minimum atomic E-state index is -0.594. The molecule has 2 atom stereocenters. The lowest BCUT2D eigenvalue weighted by Gasteiger charge is -2.38. The summed E-state index contributed by atoms with van der Waals surface area (Å²) in [5, 5.41) is 0.0909. The van der Waals surface area contributed by atoms with Gasteiger partial charge in [-0.3, -0.25) is 14.5 Å². The molecule has 1 aliphatic heterocycles. The Balaban J connectivity index is 1.66. The van der Waals surface area contributed by atoms with Gasteiger partial charge in [0.15, 0.2) is 10.9 Å². The van der Waals surface area contributed by atoms with Gasteiger partial charge < -0.3 is 0 Å². The summed E-state index contributed by atoms with van der Waals surface area (Å²) in [6.07, 6.45) is 6.13. The molecule has 0 amide bonds. The maximum absolute atomic E-state index is 14.6. The Hall–Kier alpha value is -1.90. The van der Waals surface area contributed by atoms with E-state index >= 15 is 0 Å². The molecule has 0 bridgehead atoms. The number of rotatable bonds is 6. The number of piperidine rings is 1. The Morgan fingerprint density at radius 1 is 1.31 bits per heavy atom. The van der Waals surface area contributed by atoms with Crippen molar-refractivity contribution in [2.75, 3.05) is 13.1 Å². The summed E-state index contributed by atoms with van der Waals surface area (Å²) in [7, 11) is 0. The van der Waals surface area contributed by atoms with Gasteiger partial charge in [0, 0.05) is 36.7 Å². The summed E-state index contributed by atoms with van der Waals surface area (Å²) >= 11 is 2.44. The number of hydrogen-bond acceptors (Lipinski definition) is 7. The van der Waals surface area contributed by atoms with Crippen LogP contribution in [0.5, 0.6) is 0 Å². The Labute approximate surface area is 177 Å². The molecule has 5 nitrogen and oxygen atoms in total. The van der Waals surface area contributed by atoms with Crippen LogP contribution < -0.4 is 0 Å². The van der Waals surface area contributed by atoms with E-state index in [1.807, 2.05) is 6.08 Å². The van der Waals surface area contributed by atoms with Crippen LogP contribution >= 0.6 is 23.5 Å². The molecule has 1 aromatic heterocycles. The van der Waals surface area contributed by atoms with Gasteiger partial charge in [0.05, 0.1) is 29.7 Å². The second-order valence-corrected chi connectivity index (χ2v) is 9.45. The van der Waals surface area contributed by atoms with Crippen LogP contribution in [0.3, 0.4) is 0 Å². The van der Waals surface area contributed by atoms with E-state index in [1.54, 1.807) is 31.3 Å². The first-order chi connectivity index (χ1) is 14.0. The quantitative estimate of drug-likeness (QED) is 0.685. The molecule has 1 aliphatic carbocycles. The number of halogens is 1. The molecule has 8 heteroatoms. The van der Waals surface area contributed by atoms with E-state index in [2.05, 4.69) is 13.6 Å². The first-order valence-corrected chi connectivity index (χ1v) is 11.3. The molecule has 2 fully saturated rings. The molecule has 0 N–H and O–H groups in total. The lowest BCUT2D eigenvalue weighted by Crippen LogP contribution is -2.43. The number of Topliss-reactive ketones (excluding diaryl/α,β-unsaturated/α-hetero) is 1. The summed E-state index contributed by atoms with van der Waals surface area (Å²) in [6.45, 7) is 2.70. The molecule has 29 heavy (non-hydrogen) atoms. The lowest BCUT2D eigenvalue weighted by molar-refractivity contribution is -0.126. The van der Waals surface area contributed by atoms with E-state index in [0.717, 1.165) is 42.3 Å². The topological polar surface area (TPSA) is 63.2 Å². The van der Waals surface area contributed by atoms with Crippen molar-refractivity contribution < 1.29 is 14.0 Å². The summed E-state index contributed by atoms with van der Waals surface area (Å²) in [5.41, 5.74) is 2.21. The van der Waals surface area contributed by atoms with Gasteiger partial charge in [0.1, 0.15) is 5.82 Å². The maximum Gasteiger partial charge on any atom is 0.186 e. The number of aromatic nitrogens is 2. The predicted molar refractivity (Wildman–Crippen MR) is 113 cm³/mol. The van der Waals surface area contributed by atoms with Gasteiger partial charge in [-0.2, -0.15) is 8.75 Å². The summed E-state index contributed by atoms with van der Waals surface area (Å²) in [6, 6.07) is 5.96. The predicted octanol–water partition coefficient (Wildman–Crippen LogP) is 4.14. The van der Waals surface area contributed by atoms with Crippen molar-refractivity contribution in [3.63, 3.8) is 0 Å². The monoisotopic (exact) mass is 431 g/mol. The van der Waals surface area contributed by atoms with Crippen molar-refractivity contribution in [1.82, 2.24) is 13.6 Å². The molecular formula is C21H22FN3O2S2. The molecular weight excluding hydrogens is 409 g/mol. The minimum Gasteiger partial charge on any atom is -0.297 e. The number of thioether (sulfide) groups is 1. The molecule has 2 aliphatic rings. The largest absolute Gasteiger partial charge is 0.297 e. The molecule has 152 valence electrons. The van der Waals surface area contributed by atoms with Crippen LogP contribution in [-0.4, -0.2) is 42.9 Å². The van der Waals surface area contributed by atoms with Crippen molar-refractivity contribution in [3.05, 3.63) is 53.1 Å². The van der Waals surface area contributed by atoms with Gasteiger partial charge in [0.2, 0.25) is 0 Å². The molecule has 0 radical (unpaired) electrons. The Kier molecular flexibility index (Phi) is 6.22. The SMILES string of the molecule is CC(=O)SC1CCN(C(C(=O)C2CC2)c2ccccc2F)C/C1=C\c1cnsn1. The van der Waals surface area contributed by atoms with Gasteiger partial charge in [-0.15, -0.1) is 0 Å². The number of carbonyl (C=O) groups excluding carboxylic acids is 2. The van der Waals surface area contributed by atoms with Crippen molar-refractivity contribution in [3.8, 4) is 0 Å². The molecule has 1 aromatic carbocycles. The standard InChI is InChI=1S/C21H22FN3O2S2/c1-13(26)28-19-8-9-25(12-15(19)10-16-11-23-29-24-16)20(21(27)14-6-7-14)17-4-2-3-5-18(17)22/h2-5,10-11,14,19-20H,6-9,12H2,1H3/b15-10+. The van der Waals surface area contributed by atoms with E-state index in [4.69, 9.17) is 0 Å². The second-order valence-electron chi connectivity index (χ2n) is 7.51. The van der Waals surface area contributed by atoms with E-state index in [1.165, 1.54) is 17.8 Å². The molecule has 1 saturated carbocycles.